The first-order valence-electron chi connectivity index (χ1n) is 7.84. The zero-order valence-corrected chi connectivity index (χ0v) is 14.7. The normalized spacial score (nSPS) is 20.9. The molecule has 0 unspecified atom stereocenters. The summed E-state index contributed by atoms with van der Waals surface area (Å²) in [5.41, 5.74) is 2.11. The van der Waals surface area contributed by atoms with E-state index in [1.165, 1.54) is 12.2 Å². The van der Waals surface area contributed by atoms with E-state index in [0.717, 1.165) is 35.2 Å². The minimum atomic E-state index is 0.206. The summed E-state index contributed by atoms with van der Waals surface area (Å²) in [7, 11) is 4.33. The molecular formula is C17H23N5S. The van der Waals surface area contributed by atoms with E-state index in [-0.39, 0.29) is 5.54 Å². The number of nitrogens with one attached hydrogen (secondary N) is 1. The third-order valence-electron chi connectivity index (χ3n) is 4.40. The molecule has 0 amide bonds. The summed E-state index contributed by atoms with van der Waals surface area (Å²) in [5, 5.41) is 3.53. The lowest BCUT2D eigenvalue weighted by Gasteiger charge is -2.36. The van der Waals surface area contributed by atoms with Gasteiger partial charge in [0.25, 0.3) is 0 Å². The molecule has 1 fully saturated rings. The zero-order valence-electron chi connectivity index (χ0n) is 13.9. The van der Waals surface area contributed by atoms with E-state index in [9.17, 15) is 0 Å². The predicted octanol–water partition coefficient (Wildman–Crippen LogP) is 2.70. The Morgan fingerprint density at radius 1 is 1.35 bits per heavy atom. The Labute approximate surface area is 141 Å². The first-order chi connectivity index (χ1) is 11.1. The third-order valence-corrected chi connectivity index (χ3v) is 5.64. The van der Waals surface area contributed by atoms with Crippen LogP contribution in [0.3, 0.4) is 0 Å². The molecule has 3 heterocycles. The van der Waals surface area contributed by atoms with Crippen LogP contribution in [0.5, 0.6) is 0 Å². The van der Waals surface area contributed by atoms with Crippen molar-refractivity contribution in [2.75, 3.05) is 37.5 Å². The quantitative estimate of drug-likeness (QED) is 0.910. The summed E-state index contributed by atoms with van der Waals surface area (Å²) in [6, 6.07) is 5.90. The van der Waals surface area contributed by atoms with Gasteiger partial charge in [-0.2, -0.15) is 11.8 Å². The Bertz CT molecular complexity index is 653. The molecule has 5 nitrogen and oxygen atoms in total. The van der Waals surface area contributed by atoms with Gasteiger partial charge in [-0.15, -0.1) is 0 Å². The Balaban J connectivity index is 1.79. The van der Waals surface area contributed by atoms with Gasteiger partial charge in [0, 0.05) is 47.6 Å². The van der Waals surface area contributed by atoms with Crippen molar-refractivity contribution < 1.29 is 0 Å². The molecule has 1 N–H and O–H groups in total. The Morgan fingerprint density at radius 2 is 2.22 bits per heavy atom. The topological polar surface area (TPSA) is 53.9 Å². The molecule has 0 radical (unpaired) electrons. The highest BCUT2D eigenvalue weighted by Crippen LogP contribution is 2.32. The van der Waals surface area contributed by atoms with Gasteiger partial charge in [0.05, 0.1) is 0 Å². The van der Waals surface area contributed by atoms with Crippen LogP contribution in [0.25, 0.3) is 11.4 Å². The Hall–Kier alpha value is -1.66. The fraction of sp³-hybridized carbons (Fsp3) is 0.471. The number of anilines is 1. The summed E-state index contributed by atoms with van der Waals surface area (Å²) in [5.74, 6) is 3.99. The van der Waals surface area contributed by atoms with Gasteiger partial charge in [-0.25, -0.2) is 9.97 Å². The third kappa shape index (κ3) is 3.64. The van der Waals surface area contributed by atoms with Crippen LogP contribution in [0, 0.1) is 6.92 Å². The van der Waals surface area contributed by atoms with Crippen molar-refractivity contribution in [3.05, 3.63) is 36.3 Å². The molecule has 1 aliphatic rings. The van der Waals surface area contributed by atoms with Crippen LogP contribution in [0.2, 0.25) is 0 Å². The van der Waals surface area contributed by atoms with Crippen LogP contribution in [-0.2, 0) is 0 Å². The van der Waals surface area contributed by atoms with Gasteiger partial charge in [0.1, 0.15) is 5.82 Å². The maximum atomic E-state index is 4.67. The number of pyridine rings is 1. The highest BCUT2D eigenvalue weighted by molar-refractivity contribution is 7.99. The summed E-state index contributed by atoms with van der Waals surface area (Å²) >= 11 is 2.02. The van der Waals surface area contributed by atoms with E-state index in [1.54, 1.807) is 12.4 Å². The fourth-order valence-corrected chi connectivity index (χ4v) is 4.34. The van der Waals surface area contributed by atoms with Crippen molar-refractivity contribution in [1.29, 1.82) is 0 Å². The van der Waals surface area contributed by atoms with E-state index in [1.807, 2.05) is 36.9 Å². The van der Waals surface area contributed by atoms with Crippen molar-refractivity contribution in [1.82, 2.24) is 19.9 Å². The fourth-order valence-electron chi connectivity index (χ4n) is 2.79. The molecule has 0 spiro atoms. The van der Waals surface area contributed by atoms with Crippen LogP contribution in [0.1, 0.15) is 12.1 Å². The van der Waals surface area contributed by atoms with Gasteiger partial charge in [-0.1, -0.05) is 0 Å². The van der Waals surface area contributed by atoms with Crippen molar-refractivity contribution in [3.8, 4) is 11.4 Å². The highest BCUT2D eigenvalue weighted by Gasteiger charge is 2.36. The van der Waals surface area contributed by atoms with Crippen molar-refractivity contribution in [3.63, 3.8) is 0 Å². The number of thioether (sulfide) groups is 1. The number of nitrogens with zero attached hydrogens (tertiary/aromatic N) is 4. The van der Waals surface area contributed by atoms with Crippen molar-refractivity contribution in [2.45, 2.75) is 18.9 Å². The van der Waals surface area contributed by atoms with Crippen molar-refractivity contribution >= 4 is 17.6 Å². The average Bonchev–Trinajstić information content (AvgIpc) is 3.04. The second-order valence-electron chi connectivity index (χ2n) is 6.23. The first-order valence-corrected chi connectivity index (χ1v) is 9.00. The molecule has 0 saturated carbocycles. The largest absolute Gasteiger partial charge is 0.368 e. The van der Waals surface area contributed by atoms with E-state index in [2.05, 4.69) is 39.3 Å². The van der Waals surface area contributed by atoms with Gasteiger partial charge < -0.3 is 10.2 Å². The molecule has 1 saturated heterocycles. The molecule has 0 aromatic carbocycles. The predicted molar refractivity (Wildman–Crippen MR) is 96.8 cm³/mol. The maximum Gasteiger partial charge on any atom is 0.163 e. The van der Waals surface area contributed by atoms with Gasteiger partial charge in [-0.3, -0.25) is 4.98 Å². The number of likely N-dealkylation sites (N-methyl/N-ethyl adjacent to an activating group) is 1. The maximum absolute atomic E-state index is 4.67. The standard InChI is InChI=1S/C17H23N5S/c1-13-9-15(19-11-17(22(2)3)6-8-23-12-17)21-16(20-13)14-5-4-7-18-10-14/h4-5,7,9-10H,6,8,11-12H2,1-3H3,(H,19,20,21)/t17-/m0/s1. The van der Waals surface area contributed by atoms with Crippen molar-refractivity contribution in [2.24, 2.45) is 0 Å². The van der Waals surface area contributed by atoms with E-state index in [0.29, 0.717) is 0 Å². The lowest BCUT2D eigenvalue weighted by Crippen LogP contribution is -2.49. The molecule has 3 rings (SSSR count). The number of hydrogen-bond acceptors (Lipinski definition) is 6. The molecule has 0 aliphatic carbocycles. The molecule has 23 heavy (non-hydrogen) atoms. The number of aromatic nitrogens is 3. The minimum absolute atomic E-state index is 0.206. The second kappa shape index (κ2) is 6.84. The van der Waals surface area contributed by atoms with E-state index < -0.39 is 0 Å². The van der Waals surface area contributed by atoms with Crippen LogP contribution in [-0.4, -0.2) is 57.5 Å². The molecule has 6 heteroatoms. The number of aryl methyl sites for hydroxylation is 1. The van der Waals surface area contributed by atoms with Crippen LogP contribution < -0.4 is 5.32 Å². The monoisotopic (exact) mass is 329 g/mol. The smallest absolute Gasteiger partial charge is 0.163 e. The Kier molecular flexibility index (Phi) is 4.82. The lowest BCUT2D eigenvalue weighted by atomic mass is 9.97. The lowest BCUT2D eigenvalue weighted by molar-refractivity contribution is 0.195. The minimum Gasteiger partial charge on any atom is -0.368 e. The van der Waals surface area contributed by atoms with Crippen LogP contribution in [0.4, 0.5) is 5.82 Å². The molecule has 2 aromatic rings. The summed E-state index contributed by atoms with van der Waals surface area (Å²) in [6.45, 7) is 2.90. The average molecular weight is 329 g/mol. The van der Waals surface area contributed by atoms with Gasteiger partial charge in [-0.05, 0) is 45.3 Å². The SMILES string of the molecule is Cc1cc(NC[C@@]2(N(C)C)CCSC2)nc(-c2cccnc2)n1. The molecule has 0 bridgehead atoms. The zero-order chi connectivity index (χ0) is 16.3. The number of hydrogen-bond donors (Lipinski definition) is 1. The van der Waals surface area contributed by atoms with Gasteiger partial charge >= 0.3 is 0 Å². The highest BCUT2D eigenvalue weighted by atomic mass is 32.2. The number of rotatable bonds is 5. The molecule has 1 aliphatic heterocycles. The first kappa shape index (κ1) is 16.2. The molecular weight excluding hydrogens is 306 g/mol. The van der Waals surface area contributed by atoms with Gasteiger partial charge in [0.2, 0.25) is 0 Å². The molecule has 2 aromatic heterocycles. The van der Waals surface area contributed by atoms with Gasteiger partial charge in [0.15, 0.2) is 5.82 Å². The summed E-state index contributed by atoms with van der Waals surface area (Å²) < 4.78 is 0. The summed E-state index contributed by atoms with van der Waals surface area (Å²) in [4.78, 5) is 15.7. The summed E-state index contributed by atoms with van der Waals surface area (Å²) in [6.07, 6.45) is 4.77. The van der Waals surface area contributed by atoms with E-state index >= 15 is 0 Å². The van der Waals surface area contributed by atoms with Crippen LogP contribution >= 0.6 is 11.8 Å². The van der Waals surface area contributed by atoms with E-state index in [4.69, 9.17) is 0 Å². The second-order valence-corrected chi connectivity index (χ2v) is 7.34. The molecule has 1 atom stereocenters. The molecule has 122 valence electrons. The van der Waals surface area contributed by atoms with Crippen LogP contribution in [0.15, 0.2) is 30.6 Å². The Morgan fingerprint density at radius 3 is 2.87 bits per heavy atom.